The summed E-state index contributed by atoms with van der Waals surface area (Å²) in [6.45, 7) is 1.08. The summed E-state index contributed by atoms with van der Waals surface area (Å²) in [5.41, 5.74) is 2.76. The Kier molecular flexibility index (Phi) is 3.26. The van der Waals surface area contributed by atoms with E-state index in [2.05, 4.69) is 24.1 Å². The lowest BCUT2D eigenvalue weighted by molar-refractivity contribution is -0.292. The first-order chi connectivity index (χ1) is 12.1. The lowest BCUT2D eigenvalue weighted by Crippen LogP contribution is -2.70. The Balaban J connectivity index is 1.78. The van der Waals surface area contributed by atoms with Gasteiger partial charge in [-0.3, -0.25) is 0 Å². The Morgan fingerprint density at radius 3 is 2.68 bits per heavy atom. The van der Waals surface area contributed by atoms with Crippen LogP contribution in [0.15, 0.2) is 12.1 Å². The first-order valence-corrected chi connectivity index (χ1v) is 9.29. The lowest BCUT2D eigenvalue weighted by Gasteiger charge is -2.60. The number of ether oxygens (including phenoxy) is 4. The number of benzene rings is 1. The number of methoxy groups -OCH3 is 3. The quantitative estimate of drug-likeness (QED) is 0.787. The zero-order valence-electron chi connectivity index (χ0n) is 15.5. The fourth-order valence-corrected chi connectivity index (χ4v) is 6.36. The van der Waals surface area contributed by atoms with Crippen LogP contribution in [0.4, 0.5) is 0 Å². The molecule has 1 aromatic carbocycles. The van der Waals surface area contributed by atoms with Crippen LogP contribution in [0, 0.1) is 5.92 Å². The minimum atomic E-state index is -0.685. The van der Waals surface area contributed by atoms with Gasteiger partial charge in [-0.25, -0.2) is 0 Å². The van der Waals surface area contributed by atoms with Crippen LogP contribution in [-0.2, 0) is 21.3 Å². The van der Waals surface area contributed by atoms with E-state index in [9.17, 15) is 0 Å². The van der Waals surface area contributed by atoms with Crippen LogP contribution in [0.3, 0.4) is 0 Å². The van der Waals surface area contributed by atoms with Gasteiger partial charge in [-0.05, 0) is 50.4 Å². The van der Waals surface area contributed by atoms with E-state index in [0.29, 0.717) is 12.0 Å². The Morgan fingerprint density at radius 2 is 1.96 bits per heavy atom. The molecule has 5 heteroatoms. The van der Waals surface area contributed by atoms with Gasteiger partial charge >= 0.3 is 0 Å². The zero-order valence-corrected chi connectivity index (χ0v) is 15.5. The van der Waals surface area contributed by atoms with Gasteiger partial charge in [0.25, 0.3) is 0 Å². The highest BCUT2D eigenvalue weighted by molar-refractivity contribution is 5.61. The minimum absolute atomic E-state index is 0.0289. The van der Waals surface area contributed by atoms with Gasteiger partial charge in [0.1, 0.15) is 0 Å². The van der Waals surface area contributed by atoms with E-state index >= 15 is 0 Å². The van der Waals surface area contributed by atoms with Crippen LogP contribution in [0.25, 0.3) is 0 Å². The molecular formula is C20H27NO4. The van der Waals surface area contributed by atoms with Crippen LogP contribution in [0.2, 0.25) is 0 Å². The third-order valence-corrected chi connectivity index (χ3v) is 7.49. The van der Waals surface area contributed by atoms with Crippen LogP contribution in [0.5, 0.6) is 11.5 Å². The molecule has 5 rings (SSSR count). The van der Waals surface area contributed by atoms with Crippen molar-refractivity contribution in [2.24, 2.45) is 5.92 Å². The van der Waals surface area contributed by atoms with E-state index < -0.39 is 5.79 Å². The van der Waals surface area contributed by atoms with E-state index in [1.165, 1.54) is 11.1 Å². The smallest absolute Gasteiger partial charge is 0.206 e. The SMILES string of the molecule is COc1ccc2c3c1O[C@@H]1C(OC)(OC)CC[C@@H]4[C@H](C2)N(C)CC[C@]341. The molecule has 0 N–H and O–H groups in total. The highest BCUT2D eigenvalue weighted by atomic mass is 16.7. The van der Waals surface area contributed by atoms with Crippen LogP contribution in [0.1, 0.15) is 30.4 Å². The minimum Gasteiger partial charge on any atom is -0.493 e. The summed E-state index contributed by atoms with van der Waals surface area (Å²) in [7, 11) is 7.49. The van der Waals surface area contributed by atoms with Crippen molar-refractivity contribution >= 4 is 0 Å². The molecule has 2 bridgehead atoms. The molecule has 4 atom stereocenters. The Morgan fingerprint density at radius 1 is 1.16 bits per heavy atom. The molecule has 25 heavy (non-hydrogen) atoms. The van der Waals surface area contributed by atoms with Crippen molar-refractivity contribution in [3.05, 3.63) is 23.3 Å². The number of likely N-dealkylation sites (tertiary alicyclic amines) is 1. The van der Waals surface area contributed by atoms with Gasteiger partial charge in [-0.2, -0.15) is 0 Å². The van der Waals surface area contributed by atoms with Gasteiger partial charge in [0.15, 0.2) is 17.6 Å². The summed E-state index contributed by atoms with van der Waals surface area (Å²) in [5, 5.41) is 0. The normalized spacial score (nSPS) is 37.4. The van der Waals surface area contributed by atoms with E-state index in [0.717, 1.165) is 43.7 Å². The fraction of sp³-hybridized carbons (Fsp3) is 0.700. The van der Waals surface area contributed by atoms with Gasteiger partial charge in [0.2, 0.25) is 5.79 Å². The molecule has 136 valence electrons. The number of likely N-dealkylation sites (N-methyl/N-ethyl adjacent to an activating group) is 1. The second-order valence-electron chi connectivity index (χ2n) is 8.04. The van der Waals surface area contributed by atoms with E-state index in [1.54, 1.807) is 21.3 Å². The third-order valence-electron chi connectivity index (χ3n) is 7.49. The van der Waals surface area contributed by atoms with Crippen molar-refractivity contribution in [1.82, 2.24) is 4.90 Å². The first-order valence-electron chi connectivity index (χ1n) is 9.29. The van der Waals surface area contributed by atoms with E-state index in [-0.39, 0.29) is 11.5 Å². The van der Waals surface area contributed by atoms with Crippen LogP contribution in [-0.4, -0.2) is 57.8 Å². The molecule has 2 aliphatic heterocycles. The average molecular weight is 345 g/mol. The monoisotopic (exact) mass is 345 g/mol. The standard InChI is InChI=1S/C20H27NO4/c1-21-10-9-19-13-7-8-20(23-3,24-4)18(19)25-17-15(22-2)6-5-12(16(17)19)11-14(13)21/h5-6,13-14,18H,7-11H2,1-4H3/t13-,14+,18+,19-/m1/s1. The molecule has 1 spiro atoms. The maximum absolute atomic E-state index is 6.64. The van der Waals surface area contributed by atoms with Gasteiger partial charge < -0.3 is 23.8 Å². The molecule has 4 aliphatic rings. The predicted molar refractivity (Wildman–Crippen MR) is 93.3 cm³/mol. The molecule has 1 aromatic rings. The number of hydrogen-bond donors (Lipinski definition) is 0. The van der Waals surface area contributed by atoms with Crippen molar-refractivity contribution in [2.75, 3.05) is 34.9 Å². The lowest BCUT2D eigenvalue weighted by atomic mass is 9.50. The molecule has 1 saturated carbocycles. The molecular weight excluding hydrogens is 318 g/mol. The summed E-state index contributed by atoms with van der Waals surface area (Å²) < 4.78 is 24.2. The highest BCUT2D eigenvalue weighted by Crippen LogP contribution is 2.65. The summed E-state index contributed by atoms with van der Waals surface area (Å²) in [6.07, 6.45) is 4.03. The van der Waals surface area contributed by atoms with Crippen molar-refractivity contribution < 1.29 is 18.9 Å². The zero-order chi connectivity index (χ0) is 17.4. The maximum atomic E-state index is 6.64. The molecule has 0 radical (unpaired) electrons. The third kappa shape index (κ3) is 1.70. The molecule has 2 heterocycles. The summed E-state index contributed by atoms with van der Waals surface area (Å²) >= 11 is 0. The molecule has 2 fully saturated rings. The van der Waals surface area contributed by atoms with Gasteiger partial charge in [0.05, 0.1) is 7.11 Å². The largest absolute Gasteiger partial charge is 0.493 e. The van der Waals surface area contributed by atoms with Crippen LogP contribution < -0.4 is 9.47 Å². The van der Waals surface area contributed by atoms with Gasteiger partial charge in [-0.15, -0.1) is 0 Å². The summed E-state index contributed by atoms with van der Waals surface area (Å²) in [6, 6.07) is 4.86. The second kappa shape index (κ2) is 5.12. The van der Waals surface area contributed by atoms with Crippen LogP contribution >= 0.6 is 0 Å². The highest BCUT2D eigenvalue weighted by Gasteiger charge is 2.70. The van der Waals surface area contributed by atoms with E-state index in [4.69, 9.17) is 18.9 Å². The number of hydrogen-bond acceptors (Lipinski definition) is 5. The Bertz CT molecular complexity index is 716. The fourth-order valence-electron chi connectivity index (χ4n) is 6.36. The Hall–Kier alpha value is -1.30. The van der Waals surface area contributed by atoms with Crippen molar-refractivity contribution in [3.63, 3.8) is 0 Å². The molecule has 0 amide bonds. The van der Waals surface area contributed by atoms with E-state index in [1.807, 2.05) is 0 Å². The van der Waals surface area contributed by atoms with Crippen molar-refractivity contribution in [1.29, 1.82) is 0 Å². The molecule has 1 saturated heterocycles. The molecule has 0 unspecified atom stereocenters. The molecule has 5 nitrogen and oxygen atoms in total. The topological polar surface area (TPSA) is 40.2 Å². The number of piperidine rings is 1. The predicted octanol–water partition coefficient (Wildman–Crippen LogP) is 2.35. The summed E-state index contributed by atoms with van der Waals surface area (Å²) in [4.78, 5) is 2.55. The molecule has 2 aliphatic carbocycles. The van der Waals surface area contributed by atoms with Crippen molar-refractivity contribution in [2.45, 2.75) is 49.0 Å². The maximum Gasteiger partial charge on any atom is 0.206 e. The number of nitrogens with zero attached hydrogens (tertiary/aromatic N) is 1. The number of rotatable bonds is 3. The average Bonchev–Trinajstić information content (AvgIpc) is 3.00. The summed E-state index contributed by atoms with van der Waals surface area (Å²) in [5.74, 6) is 1.66. The van der Waals surface area contributed by atoms with Gasteiger partial charge in [-0.1, -0.05) is 6.07 Å². The second-order valence-corrected chi connectivity index (χ2v) is 8.04. The molecule has 0 aromatic heterocycles. The van der Waals surface area contributed by atoms with Gasteiger partial charge in [0, 0.05) is 37.7 Å². The first kappa shape index (κ1) is 15.9. The Labute approximate surface area is 149 Å². The van der Waals surface area contributed by atoms with Crippen molar-refractivity contribution in [3.8, 4) is 11.5 Å².